The van der Waals surface area contributed by atoms with Crippen molar-refractivity contribution in [3.05, 3.63) is 57.6 Å². The molecule has 254 valence electrons. The minimum Gasteiger partial charge on any atom is -0.507 e. The SMILES string of the molecule is CCC(C)(C)c1cc(CCC(=O)OCCNC(=O)C(=O)NCCOC(=O)CCc2cc(C)c(O)c(C(C)(C)CC)c2)cc(C)c1O. The lowest BCUT2D eigenvalue weighted by Crippen LogP contribution is -2.42. The van der Waals surface area contributed by atoms with Crippen molar-refractivity contribution in [2.75, 3.05) is 26.3 Å². The second-order valence-electron chi connectivity index (χ2n) is 13.0. The zero-order valence-corrected chi connectivity index (χ0v) is 28.7. The smallest absolute Gasteiger partial charge is 0.309 e. The van der Waals surface area contributed by atoms with Gasteiger partial charge in [-0.25, -0.2) is 0 Å². The van der Waals surface area contributed by atoms with Crippen molar-refractivity contribution >= 4 is 23.8 Å². The van der Waals surface area contributed by atoms with Crippen LogP contribution in [0.1, 0.15) is 101 Å². The molecule has 0 fully saturated rings. The first-order valence-electron chi connectivity index (χ1n) is 16.1. The molecule has 4 N–H and O–H groups in total. The highest BCUT2D eigenvalue weighted by atomic mass is 16.5. The largest absolute Gasteiger partial charge is 0.507 e. The quantitative estimate of drug-likeness (QED) is 0.114. The Morgan fingerprint density at radius 2 is 1.00 bits per heavy atom. The van der Waals surface area contributed by atoms with Crippen molar-refractivity contribution < 1.29 is 38.9 Å². The molecule has 0 unspecified atom stereocenters. The molecule has 0 aliphatic carbocycles. The van der Waals surface area contributed by atoms with E-state index in [-0.39, 0.29) is 61.5 Å². The van der Waals surface area contributed by atoms with E-state index < -0.39 is 23.8 Å². The van der Waals surface area contributed by atoms with Crippen LogP contribution >= 0.6 is 0 Å². The van der Waals surface area contributed by atoms with Crippen LogP contribution in [0.5, 0.6) is 11.5 Å². The number of hydrogen-bond donors (Lipinski definition) is 4. The Bertz CT molecular complexity index is 1290. The second-order valence-corrected chi connectivity index (χ2v) is 13.0. The monoisotopic (exact) mass is 640 g/mol. The maximum atomic E-state index is 12.2. The number of aromatic hydroxyl groups is 2. The predicted molar refractivity (Wildman–Crippen MR) is 177 cm³/mol. The topological polar surface area (TPSA) is 151 Å². The number of ether oxygens (including phenoxy) is 2. The summed E-state index contributed by atoms with van der Waals surface area (Å²) in [4.78, 5) is 48.5. The Hall–Kier alpha value is -4.08. The van der Waals surface area contributed by atoms with Gasteiger partial charge in [0.1, 0.15) is 24.7 Å². The Kier molecular flexibility index (Phi) is 14.1. The van der Waals surface area contributed by atoms with E-state index in [2.05, 4.69) is 52.2 Å². The summed E-state index contributed by atoms with van der Waals surface area (Å²) in [5, 5.41) is 25.8. The molecule has 46 heavy (non-hydrogen) atoms. The third-order valence-corrected chi connectivity index (χ3v) is 8.69. The van der Waals surface area contributed by atoms with E-state index in [1.165, 1.54) is 0 Å². The van der Waals surface area contributed by atoms with Crippen LogP contribution < -0.4 is 10.6 Å². The highest BCUT2D eigenvalue weighted by molar-refractivity contribution is 6.35. The van der Waals surface area contributed by atoms with Gasteiger partial charge in [0.25, 0.3) is 0 Å². The average molecular weight is 641 g/mol. The average Bonchev–Trinajstić information content (AvgIpc) is 3.01. The summed E-state index contributed by atoms with van der Waals surface area (Å²) in [7, 11) is 0. The second kappa shape index (κ2) is 17.0. The summed E-state index contributed by atoms with van der Waals surface area (Å²) in [5.41, 5.74) is 4.66. The molecule has 0 spiro atoms. The first-order valence-corrected chi connectivity index (χ1v) is 16.1. The van der Waals surface area contributed by atoms with Crippen LogP contribution in [0.4, 0.5) is 0 Å². The number of nitrogens with one attached hydrogen (secondary N) is 2. The number of hydrogen-bond acceptors (Lipinski definition) is 8. The summed E-state index contributed by atoms with van der Waals surface area (Å²) in [6, 6.07) is 7.58. The zero-order chi connectivity index (χ0) is 34.7. The lowest BCUT2D eigenvalue weighted by Gasteiger charge is -2.26. The van der Waals surface area contributed by atoms with Gasteiger partial charge >= 0.3 is 23.8 Å². The molecule has 10 nitrogen and oxygen atoms in total. The lowest BCUT2D eigenvalue weighted by molar-refractivity contribution is -0.145. The van der Waals surface area contributed by atoms with Gasteiger partial charge in [0, 0.05) is 24.0 Å². The van der Waals surface area contributed by atoms with Gasteiger partial charge < -0.3 is 30.3 Å². The van der Waals surface area contributed by atoms with E-state index in [9.17, 15) is 29.4 Å². The van der Waals surface area contributed by atoms with Gasteiger partial charge in [0.05, 0.1) is 13.1 Å². The molecule has 0 aromatic heterocycles. The van der Waals surface area contributed by atoms with Crippen LogP contribution in [0.25, 0.3) is 0 Å². The summed E-state index contributed by atoms with van der Waals surface area (Å²) >= 11 is 0. The van der Waals surface area contributed by atoms with Crippen LogP contribution in [-0.2, 0) is 52.3 Å². The molecule has 0 saturated carbocycles. The van der Waals surface area contributed by atoms with Crippen molar-refractivity contribution in [3.8, 4) is 11.5 Å². The van der Waals surface area contributed by atoms with Gasteiger partial charge in [-0.15, -0.1) is 0 Å². The number of carbonyl (C=O) groups is 4. The summed E-state index contributed by atoms with van der Waals surface area (Å²) in [6.45, 7) is 15.8. The van der Waals surface area contributed by atoms with Crippen LogP contribution in [0.15, 0.2) is 24.3 Å². The van der Waals surface area contributed by atoms with Crippen LogP contribution in [0.3, 0.4) is 0 Å². The molecular weight excluding hydrogens is 588 g/mol. The molecule has 2 aromatic carbocycles. The number of amides is 2. The fraction of sp³-hybridized carbons (Fsp3) is 0.556. The van der Waals surface area contributed by atoms with E-state index in [1.54, 1.807) is 0 Å². The Balaban J connectivity index is 1.66. The molecule has 0 heterocycles. The van der Waals surface area contributed by atoms with E-state index in [0.29, 0.717) is 12.8 Å². The normalized spacial score (nSPS) is 11.6. The van der Waals surface area contributed by atoms with Gasteiger partial charge in [-0.05, 0) is 72.6 Å². The van der Waals surface area contributed by atoms with Crippen molar-refractivity contribution in [2.45, 2.75) is 105 Å². The molecule has 2 amide bonds. The van der Waals surface area contributed by atoms with Crippen LogP contribution in [0.2, 0.25) is 0 Å². The highest BCUT2D eigenvalue weighted by Crippen LogP contribution is 2.37. The summed E-state index contributed by atoms with van der Waals surface area (Å²) in [6.07, 6.45) is 2.86. The summed E-state index contributed by atoms with van der Waals surface area (Å²) < 4.78 is 10.4. The van der Waals surface area contributed by atoms with Crippen molar-refractivity contribution in [3.63, 3.8) is 0 Å². The fourth-order valence-corrected chi connectivity index (χ4v) is 4.87. The third kappa shape index (κ3) is 11.1. The zero-order valence-electron chi connectivity index (χ0n) is 28.7. The van der Waals surface area contributed by atoms with Crippen LogP contribution in [0, 0.1) is 13.8 Å². The lowest BCUT2D eigenvalue weighted by atomic mass is 9.80. The first kappa shape index (κ1) is 38.1. The first-order chi connectivity index (χ1) is 21.5. The standard InChI is InChI=1S/C36H52N2O8/c1-9-35(5,6)27-21-25(19-23(3)31(27)41)11-13-29(39)45-17-15-37-33(43)34(44)38-16-18-46-30(40)14-12-26-20-24(4)32(42)28(22-26)36(7,8)10-2/h19-22,41-42H,9-18H2,1-8H3,(H,37,43)(H,38,44). The molecule has 0 saturated heterocycles. The van der Waals surface area contributed by atoms with Crippen molar-refractivity contribution in [1.29, 1.82) is 0 Å². The van der Waals surface area contributed by atoms with E-state index in [0.717, 1.165) is 46.2 Å². The van der Waals surface area contributed by atoms with Crippen LogP contribution in [-0.4, -0.2) is 60.3 Å². The van der Waals surface area contributed by atoms with Crippen molar-refractivity contribution in [2.24, 2.45) is 0 Å². The molecule has 0 atom stereocenters. The van der Waals surface area contributed by atoms with E-state index in [1.807, 2.05) is 38.1 Å². The molecular formula is C36H52N2O8. The van der Waals surface area contributed by atoms with Gasteiger partial charge in [-0.2, -0.15) is 0 Å². The van der Waals surface area contributed by atoms with Gasteiger partial charge in [0.2, 0.25) is 0 Å². The maximum Gasteiger partial charge on any atom is 0.309 e. The molecule has 10 heteroatoms. The fourth-order valence-electron chi connectivity index (χ4n) is 4.87. The van der Waals surface area contributed by atoms with Crippen molar-refractivity contribution in [1.82, 2.24) is 10.6 Å². The third-order valence-electron chi connectivity index (χ3n) is 8.69. The number of rotatable bonds is 16. The predicted octanol–water partition coefficient (Wildman–Crippen LogP) is 4.97. The maximum absolute atomic E-state index is 12.2. The molecule has 0 aliphatic heterocycles. The minimum atomic E-state index is -0.887. The molecule has 0 aliphatic rings. The summed E-state index contributed by atoms with van der Waals surface area (Å²) in [5.74, 6) is -2.09. The number of benzene rings is 2. The molecule has 0 bridgehead atoms. The van der Waals surface area contributed by atoms with Gasteiger partial charge in [-0.3, -0.25) is 19.2 Å². The molecule has 0 radical (unpaired) electrons. The molecule has 2 rings (SSSR count). The number of aryl methyl sites for hydroxylation is 4. The number of esters is 2. The Morgan fingerprint density at radius 1 is 0.652 bits per heavy atom. The highest BCUT2D eigenvalue weighted by Gasteiger charge is 2.25. The van der Waals surface area contributed by atoms with E-state index in [4.69, 9.17) is 9.47 Å². The van der Waals surface area contributed by atoms with E-state index >= 15 is 0 Å². The molecule has 2 aromatic rings. The van der Waals surface area contributed by atoms with Gasteiger partial charge in [0.15, 0.2) is 0 Å². The Morgan fingerprint density at radius 3 is 1.33 bits per heavy atom. The minimum absolute atomic E-state index is 0.0337. The number of phenols is 2. The number of carbonyl (C=O) groups excluding carboxylic acids is 4. The van der Waals surface area contributed by atoms with Gasteiger partial charge in [-0.1, -0.05) is 65.8 Å². The Labute approximate surface area is 273 Å². The number of phenolic OH excluding ortho intramolecular Hbond substituents is 2.